The number of carbonyl (C=O) groups excluding carboxylic acids is 1. The number of hydrogen-bond acceptors (Lipinski definition) is 3. The van der Waals surface area contributed by atoms with Gasteiger partial charge >= 0.3 is 0 Å². The fraction of sp³-hybridized carbons (Fsp3) is 0.333. The summed E-state index contributed by atoms with van der Waals surface area (Å²) in [5.41, 5.74) is 2.47. The van der Waals surface area contributed by atoms with Gasteiger partial charge < -0.3 is 9.32 Å². The number of hydrogen-bond donors (Lipinski definition) is 0. The van der Waals surface area contributed by atoms with E-state index in [1.807, 2.05) is 31.2 Å². The van der Waals surface area contributed by atoms with Crippen molar-refractivity contribution in [1.29, 1.82) is 0 Å². The van der Waals surface area contributed by atoms with Gasteiger partial charge in [0, 0.05) is 31.0 Å². The molecule has 0 bridgehead atoms. The van der Waals surface area contributed by atoms with Gasteiger partial charge in [-0.25, -0.2) is 4.98 Å². The zero-order chi connectivity index (χ0) is 13.4. The van der Waals surface area contributed by atoms with Crippen molar-refractivity contribution in [3.8, 4) is 0 Å². The molecule has 0 radical (unpaired) electrons. The van der Waals surface area contributed by atoms with Gasteiger partial charge in [0.15, 0.2) is 11.5 Å². The maximum Gasteiger partial charge on any atom is 0.227 e. The van der Waals surface area contributed by atoms with Crippen LogP contribution in [0.15, 0.2) is 35.3 Å². The highest BCUT2D eigenvalue weighted by Gasteiger charge is 2.28. The monoisotopic (exact) mass is 256 g/mol. The van der Waals surface area contributed by atoms with Crippen molar-refractivity contribution in [1.82, 2.24) is 4.98 Å². The summed E-state index contributed by atoms with van der Waals surface area (Å²) >= 11 is 0. The largest absolute Gasteiger partial charge is 0.441 e. The highest BCUT2D eigenvalue weighted by molar-refractivity contribution is 5.97. The van der Waals surface area contributed by atoms with Crippen LogP contribution in [0.2, 0.25) is 0 Å². The van der Waals surface area contributed by atoms with E-state index in [1.54, 1.807) is 4.90 Å². The van der Waals surface area contributed by atoms with E-state index in [-0.39, 0.29) is 11.8 Å². The number of rotatable bonds is 3. The first-order chi connectivity index (χ1) is 9.21. The highest BCUT2D eigenvalue weighted by atomic mass is 16.3. The van der Waals surface area contributed by atoms with E-state index in [4.69, 9.17) is 4.42 Å². The third-order valence-corrected chi connectivity index (χ3v) is 3.52. The zero-order valence-electron chi connectivity index (χ0n) is 10.9. The molecule has 4 heteroatoms. The highest BCUT2D eigenvalue weighted by Crippen LogP contribution is 2.28. The first kappa shape index (κ1) is 12.0. The molecule has 1 aromatic heterocycles. The van der Waals surface area contributed by atoms with Crippen molar-refractivity contribution in [2.45, 2.75) is 19.8 Å². The Hall–Kier alpha value is -2.10. The van der Waals surface area contributed by atoms with Gasteiger partial charge in [0.1, 0.15) is 5.52 Å². The van der Waals surface area contributed by atoms with E-state index < -0.39 is 0 Å². The fourth-order valence-electron chi connectivity index (χ4n) is 2.43. The Kier molecular flexibility index (Phi) is 2.85. The minimum atomic E-state index is 0.142. The van der Waals surface area contributed by atoms with Gasteiger partial charge in [-0.3, -0.25) is 4.79 Å². The van der Waals surface area contributed by atoms with Crippen LogP contribution in [-0.4, -0.2) is 17.4 Å². The second kappa shape index (κ2) is 4.53. The summed E-state index contributed by atoms with van der Waals surface area (Å²) in [6.07, 6.45) is 3.16. The van der Waals surface area contributed by atoms with E-state index in [1.165, 1.54) is 0 Å². The Labute approximate surface area is 111 Å². The first-order valence-electron chi connectivity index (χ1n) is 6.53. The molecule has 2 aromatic rings. The molecule has 1 aliphatic heterocycles. The molecule has 2 heterocycles. The molecule has 3 rings (SSSR count). The number of benzene rings is 1. The minimum Gasteiger partial charge on any atom is -0.441 e. The van der Waals surface area contributed by atoms with Gasteiger partial charge in [-0.15, -0.1) is 6.58 Å². The minimum absolute atomic E-state index is 0.142. The zero-order valence-corrected chi connectivity index (χ0v) is 10.9. The molecule has 1 unspecified atom stereocenters. The number of aryl methyl sites for hydroxylation is 1. The average molecular weight is 256 g/mol. The maximum absolute atomic E-state index is 12.0. The number of nitrogens with zero attached hydrogens (tertiary/aromatic N) is 2. The Bertz CT molecular complexity index is 645. The van der Waals surface area contributed by atoms with E-state index >= 15 is 0 Å². The molecule has 1 atom stereocenters. The van der Waals surface area contributed by atoms with Crippen LogP contribution in [0, 0.1) is 5.92 Å². The van der Waals surface area contributed by atoms with Crippen molar-refractivity contribution in [2.24, 2.45) is 5.92 Å². The van der Waals surface area contributed by atoms with Crippen molar-refractivity contribution in [2.75, 3.05) is 11.4 Å². The van der Waals surface area contributed by atoms with Gasteiger partial charge in [-0.1, -0.05) is 13.0 Å². The lowest BCUT2D eigenvalue weighted by atomic mass is 10.1. The van der Waals surface area contributed by atoms with Crippen LogP contribution in [0.4, 0.5) is 5.69 Å². The molecule has 98 valence electrons. The average Bonchev–Trinajstić information content (AvgIpc) is 3.00. The summed E-state index contributed by atoms with van der Waals surface area (Å²) in [7, 11) is 0. The molecule has 0 spiro atoms. The maximum atomic E-state index is 12.0. The molecule has 1 aliphatic rings. The molecule has 1 saturated heterocycles. The summed E-state index contributed by atoms with van der Waals surface area (Å²) < 4.78 is 5.57. The van der Waals surface area contributed by atoms with E-state index in [9.17, 15) is 4.79 Å². The molecule has 0 aliphatic carbocycles. The smallest absolute Gasteiger partial charge is 0.227 e. The Balaban J connectivity index is 1.96. The summed E-state index contributed by atoms with van der Waals surface area (Å²) in [6.45, 7) is 6.47. The van der Waals surface area contributed by atoms with Crippen molar-refractivity contribution in [3.05, 3.63) is 36.7 Å². The predicted octanol–water partition coefficient (Wildman–Crippen LogP) is 2.93. The summed E-state index contributed by atoms with van der Waals surface area (Å²) in [5, 5.41) is 0. The van der Waals surface area contributed by atoms with Gasteiger partial charge in [0.25, 0.3) is 0 Å². The van der Waals surface area contributed by atoms with Crippen LogP contribution in [-0.2, 0) is 11.2 Å². The fourth-order valence-corrected chi connectivity index (χ4v) is 2.43. The molecule has 1 amide bonds. The Morgan fingerprint density at radius 2 is 2.42 bits per heavy atom. The summed E-state index contributed by atoms with van der Waals surface area (Å²) in [5.74, 6) is 1.11. The van der Waals surface area contributed by atoms with E-state index in [0.29, 0.717) is 13.0 Å². The van der Waals surface area contributed by atoms with Crippen LogP contribution < -0.4 is 4.90 Å². The third kappa shape index (κ3) is 2.03. The van der Waals surface area contributed by atoms with Crippen LogP contribution in [0.5, 0.6) is 0 Å². The van der Waals surface area contributed by atoms with Gasteiger partial charge in [-0.05, 0) is 18.2 Å². The molecular weight excluding hydrogens is 240 g/mol. The SMILES string of the molecule is C=CC1CC(=O)N(c2ccc3oc(CC)nc3c2)C1. The van der Waals surface area contributed by atoms with Gasteiger partial charge in [0.05, 0.1) is 0 Å². The number of amides is 1. The number of anilines is 1. The quantitative estimate of drug-likeness (QED) is 0.793. The van der Waals surface area contributed by atoms with Gasteiger partial charge in [0.2, 0.25) is 5.91 Å². The molecule has 1 aromatic carbocycles. The van der Waals surface area contributed by atoms with Crippen LogP contribution in [0.1, 0.15) is 19.2 Å². The van der Waals surface area contributed by atoms with Crippen LogP contribution >= 0.6 is 0 Å². The first-order valence-corrected chi connectivity index (χ1v) is 6.53. The standard InChI is InChI=1S/C15H16N2O2/c1-3-10-7-15(18)17(9-10)11-5-6-13-12(8-11)16-14(4-2)19-13/h3,5-6,8,10H,1,4,7,9H2,2H3. The Morgan fingerprint density at radius 1 is 1.58 bits per heavy atom. The molecule has 0 saturated carbocycles. The molecule has 0 N–H and O–H groups in total. The topological polar surface area (TPSA) is 46.3 Å². The lowest BCUT2D eigenvalue weighted by Gasteiger charge is -2.15. The van der Waals surface area contributed by atoms with E-state index in [2.05, 4.69) is 11.6 Å². The molecule has 4 nitrogen and oxygen atoms in total. The number of oxazole rings is 1. The number of carbonyl (C=O) groups is 1. The molecule has 19 heavy (non-hydrogen) atoms. The predicted molar refractivity (Wildman–Crippen MR) is 74.0 cm³/mol. The van der Waals surface area contributed by atoms with Crippen molar-refractivity contribution >= 4 is 22.7 Å². The van der Waals surface area contributed by atoms with Crippen molar-refractivity contribution < 1.29 is 9.21 Å². The second-order valence-electron chi connectivity index (χ2n) is 4.82. The number of aromatic nitrogens is 1. The lowest BCUT2D eigenvalue weighted by molar-refractivity contribution is -0.117. The Morgan fingerprint density at radius 3 is 3.11 bits per heavy atom. The van der Waals surface area contributed by atoms with Crippen molar-refractivity contribution in [3.63, 3.8) is 0 Å². The van der Waals surface area contributed by atoms with E-state index in [0.717, 1.165) is 29.1 Å². The molecule has 1 fully saturated rings. The summed E-state index contributed by atoms with van der Waals surface area (Å²) in [6, 6.07) is 5.71. The summed E-state index contributed by atoms with van der Waals surface area (Å²) in [4.78, 5) is 18.2. The second-order valence-corrected chi connectivity index (χ2v) is 4.82. The van der Waals surface area contributed by atoms with Crippen LogP contribution in [0.3, 0.4) is 0 Å². The molecular formula is C15H16N2O2. The number of fused-ring (bicyclic) bond motifs is 1. The normalized spacial score (nSPS) is 19.3. The third-order valence-electron chi connectivity index (χ3n) is 3.52. The van der Waals surface area contributed by atoms with Crippen LogP contribution in [0.25, 0.3) is 11.1 Å². The van der Waals surface area contributed by atoms with Gasteiger partial charge in [-0.2, -0.15) is 0 Å². The lowest BCUT2D eigenvalue weighted by Crippen LogP contribution is -2.24.